The third-order valence-electron chi connectivity index (χ3n) is 6.96. The van der Waals surface area contributed by atoms with E-state index in [0.717, 1.165) is 5.69 Å². The first-order chi connectivity index (χ1) is 18.5. The number of halogens is 1. The third-order valence-corrected chi connectivity index (χ3v) is 7.21. The van der Waals surface area contributed by atoms with Crippen LogP contribution >= 0.6 is 11.6 Å². The Hall–Kier alpha value is -3.91. The van der Waals surface area contributed by atoms with Gasteiger partial charge in [0, 0.05) is 40.6 Å². The molecule has 1 N–H and O–H groups in total. The van der Waals surface area contributed by atoms with Gasteiger partial charge in [0.15, 0.2) is 0 Å². The fraction of sp³-hybridized carbons (Fsp3) is 0.333. The first-order valence-corrected chi connectivity index (χ1v) is 13.2. The smallest absolute Gasteiger partial charge is 0.312 e. The van der Waals surface area contributed by atoms with Gasteiger partial charge in [-0.2, -0.15) is 0 Å². The number of carboxylic acid groups (broad SMARTS) is 1. The number of aromatic nitrogens is 1. The minimum Gasteiger partial charge on any atom is -0.492 e. The minimum absolute atomic E-state index is 0.00367. The highest BCUT2D eigenvalue weighted by molar-refractivity contribution is 6.30. The van der Waals surface area contributed by atoms with Gasteiger partial charge in [0.2, 0.25) is 5.91 Å². The summed E-state index contributed by atoms with van der Waals surface area (Å²) >= 11 is 6.05. The molecule has 4 rings (SSSR count). The summed E-state index contributed by atoms with van der Waals surface area (Å²) in [6, 6.07) is 17.1. The largest absolute Gasteiger partial charge is 0.492 e. The van der Waals surface area contributed by atoms with Crippen molar-refractivity contribution >= 4 is 40.9 Å². The van der Waals surface area contributed by atoms with E-state index < -0.39 is 17.3 Å². The highest BCUT2D eigenvalue weighted by Gasteiger charge is 2.40. The van der Waals surface area contributed by atoms with E-state index in [4.69, 9.17) is 16.3 Å². The molecular weight excluding hydrogens is 518 g/mol. The van der Waals surface area contributed by atoms with Gasteiger partial charge in [-0.15, -0.1) is 0 Å². The quantitative estimate of drug-likeness (QED) is 0.381. The Morgan fingerprint density at radius 3 is 2.38 bits per heavy atom. The molecule has 2 aromatic carbocycles. The number of hydrogen-bond donors (Lipinski definition) is 1. The maximum atomic E-state index is 13.8. The van der Waals surface area contributed by atoms with Crippen LogP contribution in [0.3, 0.4) is 0 Å². The molecule has 1 aliphatic rings. The van der Waals surface area contributed by atoms with Crippen molar-refractivity contribution in [1.82, 2.24) is 4.98 Å². The third kappa shape index (κ3) is 5.91. The van der Waals surface area contributed by atoms with Crippen molar-refractivity contribution in [2.45, 2.75) is 46.1 Å². The highest BCUT2D eigenvalue weighted by Crippen LogP contribution is 2.39. The molecule has 2 atom stereocenters. The van der Waals surface area contributed by atoms with Gasteiger partial charge in [-0.1, -0.05) is 17.7 Å². The van der Waals surface area contributed by atoms with Crippen molar-refractivity contribution in [3.63, 3.8) is 0 Å². The maximum Gasteiger partial charge on any atom is 0.312 e. The molecule has 204 valence electrons. The topological polar surface area (TPSA) is 100 Å². The Bertz CT molecular complexity index is 1360. The zero-order valence-corrected chi connectivity index (χ0v) is 23.2. The molecule has 0 aliphatic carbocycles. The molecule has 2 heterocycles. The van der Waals surface area contributed by atoms with Crippen molar-refractivity contribution in [3.05, 3.63) is 83.0 Å². The van der Waals surface area contributed by atoms with Gasteiger partial charge < -0.3 is 14.7 Å². The first-order valence-electron chi connectivity index (χ1n) is 12.8. The second-order valence-corrected chi connectivity index (χ2v) is 10.7. The van der Waals surface area contributed by atoms with E-state index in [0.29, 0.717) is 40.7 Å². The van der Waals surface area contributed by atoms with Crippen LogP contribution in [-0.2, 0) is 9.59 Å². The molecule has 0 spiro atoms. The lowest BCUT2D eigenvalue weighted by Crippen LogP contribution is -2.47. The molecule has 2 amide bonds. The van der Waals surface area contributed by atoms with Crippen LogP contribution in [0.2, 0.25) is 5.02 Å². The van der Waals surface area contributed by atoms with E-state index in [-0.39, 0.29) is 24.5 Å². The molecule has 1 aromatic heterocycles. The number of rotatable bonds is 8. The number of nitrogens with zero attached hydrogens (tertiary/aromatic N) is 3. The average molecular weight is 550 g/mol. The van der Waals surface area contributed by atoms with Crippen LogP contribution in [0.25, 0.3) is 0 Å². The molecule has 9 heteroatoms. The number of ether oxygens (including phenoxy) is 1. The Labute approximate surface area is 233 Å². The van der Waals surface area contributed by atoms with E-state index >= 15 is 0 Å². The van der Waals surface area contributed by atoms with Crippen LogP contribution in [0.1, 0.15) is 56.0 Å². The zero-order valence-electron chi connectivity index (χ0n) is 22.4. The molecule has 0 saturated carbocycles. The predicted octanol–water partition coefficient (Wildman–Crippen LogP) is 5.80. The summed E-state index contributed by atoms with van der Waals surface area (Å²) in [4.78, 5) is 46.7. The summed E-state index contributed by atoms with van der Waals surface area (Å²) in [5.41, 5.74) is 0.862. The number of fused-ring (bicyclic) bond motifs is 1. The lowest BCUT2D eigenvalue weighted by Gasteiger charge is -2.39. The van der Waals surface area contributed by atoms with Crippen LogP contribution in [0.4, 0.5) is 11.5 Å². The van der Waals surface area contributed by atoms with E-state index in [1.54, 1.807) is 72.3 Å². The van der Waals surface area contributed by atoms with Crippen LogP contribution in [0, 0.1) is 5.41 Å². The Morgan fingerprint density at radius 2 is 1.77 bits per heavy atom. The minimum atomic E-state index is -1.04. The molecule has 0 bridgehead atoms. The Morgan fingerprint density at radius 1 is 1.10 bits per heavy atom. The molecule has 3 aromatic rings. The lowest BCUT2D eigenvalue weighted by atomic mass is 9.86. The SMILES string of the molecule is CCN(C(=O)[C@H]1C[C@H](C)N(C(=O)c2ccc(OCC(C)(C)C(=O)O)cc2)c2ncccc21)c1ccc(Cl)cc1. The maximum absolute atomic E-state index is 13.8. The van der Waals surface area contributed by atoms with Crippen LogP contribution in [0.5, 0.6) is 5.75 Å². The summed E-state index contributed by atoms with van der Waals surface area (Å²) in [6.45, 7) is 7.50. The van der Waals surface area contributed by atoms with Gasteiger partial charge >= 0.3 is 5.97 Å². The molecule has 0 fully saturated rings. The summed E-state index contributed by atoms with van der Waals surface area (Å²) in [5, 5.41) is 9.88. The number of pyridine rings is 1. The number of carbonyl (C=O) groups excluding carboxylic acids is 2. The molecule has 0 radical (unpaired) electrons. The molecular formula is C30H32ClN3O5. The van der Waals surface area contributed by atoms with E-state index in [2.05, 4.69) is 4.98 Å². The number of anilines is 2. The second-order valence-electron chi connectivity index (χ2n) is 10.3. The normalized spacial score (nSPS) is 16.8. The van der Waals surface area contributed by atoms with E-state index in [9.17, 15) is 19.5 Å². The second kappa shape index (κ2) is 11.5. The van der Waals surface area contributed by atoms with Crippen molar-refractivity contribution in [2.75, 3.05) is 23.0 Å². The predicted molar refractivity (Wildman–Crippen MR) is 151 cm³/mol. The molecule has 0 saturated heterocycles. The number of carboxylic acids is 1. The summed E-state index contributed by atoms with van der Waals surface area (Å²) in [6.07, 6.45) is 2.06. The highest BCUT2D eigenvalue weighted by atomic mass is 35.5. The summed E-state index contributed by atoms with van der Waals surface area (Å²) < 4.78 is 5.64. The monoisotopic (exact) mass is 549 g/mol. The van der Waals surface area contributed by atoms with Crippen molar-refractivity contribution in [1.29, 1.82) is 0 Å². The van der Waals surface area contributed by atoms with Gasteiger partial charge in [-0.25, -0.2) is 4.98 Å². The van der Waals surface area contributed by atoms with Gasteiger partial charge in [0.05, 0.1) is 11.3 Å². The number of aliphatic carboxylic acids is 1. The van der Waals surface area contributed by atoms with Gasteiger partial charge in [0.25, 0.3) is 5.91 Å². The Balaban J connectivity index is 1.57. The summed E-state index contributed by atoms with van der Waals surface area (Å²) in [5.74, 6) is -0.771. The lowest BCUT2D eigenvalue weighted by molar-refractivity contribution is -0.148. The Kier molecular flexibility index (Phi) is 8.25. The number of benzene rings is 2. The number of likely N-dealkylation sites (N-methyl/N-ethyl adjacent to an activating group) is 1. The molecule has 0 unspecified atom stereocenters. The fourth-order valence-electron chi connectivity index (χ4n) is 4.63. The number of carbonyl (C=O) groups is 3. The number of hydrogen-bond acceptors (Lipinski definition) is 5. The van der Waals surface area contributed by atoms with Crippen molar-refractivity contribution in [3.8, 4) is 5.75 Å². The number of amides is 2. The van der Waals surface area contributed by atoms with Crippen molar-refractivity contribution < 1.29 is 24.2 Å². The van der Waals surface area contributed by atoms with E-state index in [1.165, 1.54) is 0 Å². The molecule has 8 nitrogen and oxygen atoms in total. The molecule has 39 heavy (non-hydrogen) atoms. The summed E-state index contributed by atoms with van der Waals surface area (Å²) in [7, 11) is 0. The van der Waals surface area contributed by atoms with Crippen LogP contribution in [0.15, 0.2) is 66.9 Å². The average Bonchev–Trinajstić information content (AvgIpc) is 2.92. The van der Waals surface area contributed by atoms with E-state index in [1.807, 2.05) is 32.0 Å². The van der Waals surface area contributed by atoms with Crippen LogP contribution < -0.4 is 14.5 Å². The first kappa shape index (κ1) is 28.1. The van der Waals surface area contributed by atoms with Crippen LogP contribution in [-0.4, -0.2) is 47.1 Å². The van der Waals surface area contributed by atoms with Gasteiger partial charge in [0.1, 0.15) is 18.2 Å². The zero-order chi connectivity index (χ0) is 28.3. The fourth-order valence-corrected chi connectivity index (χ4v) is 4.75. The molecule has 1 aliphatic heterocycles. The van der Waals surface area contributed by atoms with Gasteiger partial charge in [-0.3, -0.25) is 19.3 Å². The standard InChI is InChI=1S/C30H32ClN3O5/c1-5-33(22-12-10-21(31)11-13-22)28(36)25-17-19(2)34(26-24(25)7-6-16-32-26)27(35)20-8-14-23(15-9-20)39-18-30(3,4)29(37)38/h6-16,19,25H,5,17-18H2,1-4H3,(H,37,38)/t19-,25-/m0/s1. The van der Waals surface area contributed by atoms with Crippen molar-refractivity contribution in [2.24, 2.45) is 5.41 Å². The van der Waals surface area contributed by atoms with Gasteiger partial charge in [-0.05, 0) is 88.7 Å².